The first-order chi connectivity index (χ1) is 10.1. The molecular formula is C16H26O5. The number of ketones is 1. The van der Waals surface area contributed by atoms with Crippen molar-refractivity contribution in [3.63, 3.8) is 0 Å². The van der Waals surface area contributed by atoms with Gasteiger partial charge >= 0.3 is 11.9 Å². The summed E-state index contributed by atoms with van der Waals surface area (Å²) in [5.41, 5.74) is 0. The Hall–Kier alpha value is -1.39. The van der Waals surface area contributed by atoms with E-state index in [1.807, 2.05) is 0 Å². The van der Waals surface area contributed by atoms with Crippen LogP contribution < -0.4 is 0 Å². The molecule has 1 aliphatic heterocycles. The Morgan fingerprint density at radius 3 is 2.19 bits per heavy atom. The lowest BCUT2D eigenvalue weighted by atomic mass is 9.95. The molecule has 2 atom stereocenters. The van der Waals surface area contributed by atoms with Crippen LogP contribution >= 0.6 is 0 Å². The summed E-state index contributed by atoms with van der Waals surface area (Å²) in [7, 11) is 1.21. The van der Waals surface area contributed by atoms with Gasteiger partial charge in [0, 0.05) is 0 Å². The molecule has 120 valence electrons. The Morgan fingerprint density at radius 2 is 1.62 bits per heavy atom. The van der Waals surface area contributed by atoms with Gasteiger partial charge in [0.2, 0.25) is 0 Å². The van der Waals surface area contributed by atoms with E-state index < -0.39 is 29.7 Å². The molecule has 0 saturated carbocycles. The van der Waals surface area contributed by atoms with Gasteiger partial charge in [0.05, 0.1) is 7.11 Å². The van der Waals surface area contributed by atoms with Crippen LogP contribution in [0.2, 0.25) is 0 Å². The fourth-order valence-electron chi connectivity index (χ4n) is 2.65. The van der Waals surface area contributed by atoms with Crippen molar-refractivity contribution in [2.45, 2.75) is 70.8 Å². The van der Waals surface area contributed by atoms with Crippen molar-refractivity contribution in [3.05, 3.63) is 0 Å². The van der Waals surface area contributed by atoms with Crippen molar-refractivity contribution in [1.82, 2.24) is 0 Å². The quantitative estimate of drug-likeness (QED) is 0.268. The van der Waals surface area contributed by atoms with Gasteiger partial charge in [-0.2, -0.15) is 0 Å². The molecule has 5 nitrogen and oxygen atoms in total. The summed E-state index contributed by atoms with van der Waals surface area (Å²) in [5.74, 6) is -3.41. The Labute approximate surface area is 126 Å². The Bertz CT molecular complexity index is 364. The van der Waals surface area contributed by atoms with Gasteiger partial charge in [-0.3, -0.25) is 9.59 Å². The molecule has 0 aromatic carbocycles. The summed E-state index contributed by atoms with van der Waals surface area (Å²) in [6.45, 7) is 2.20. The van der Waals surface area contributed by atoms with Gasteiger partial charge in [0.25, 0.3) is 5.78 Å². The molecule has 1 fully saturated rings. The summed E-state index contributed by atoms with van der Waals surface area (Å²) in [5, 5.41) is 0. The molecule has 0 spiro atoms. The number of Topliss-reactive ketones (excluding diaryl/α,β-unsaturated/α-hetero) is 1. The van der Waals surface area contributed by atoms with Gasteiger partial charge in [0.15, 0.2) is 5.92 Å². The van der Waals surface area contributed by atoms with E-state index in [9.17, 15) is 14.4 Å². The van der Waals surface area contributed by atoms with Crippen molar-refractivity contribution in [2.75, 3.05) is 7.11 Å². The highest BCUT2D eigenvalue weighted by Gasteiger charge is 2.48. The molecule has 0 aromatic rings. The van der Waals surface area contributed by atoms with Crippen LogP contribution in [-0.4, -0.2) is 30.9 Å². The topological polar surface area (TPSA) is 69.7 Å². The number of rotatable bonds is 10. The van der Waals surface area contributed by atoms with Crippen molar-refractivity contribution in [2.24, 2.45) is 5.92 Å². The van der Waals surface area contributed by atoms with E-state index in [1.54, 1.807) is 0 Å². The van der Waals surface area contributed by atoms with Crippen molar-refractivity contribution in [1.29, 1.82) is 0 Å². The number of carbonyl (C=O) groups is 3. The summed E-state index contributed by atoms with van der Waals surface area (Å²) in [6.07, 6.45) is 9.23. The van der Waals surface area contributed by atoms with Crippen LogP contribution in [0.15, 0.2) is 0 Å². The summed E-state index contributed by atoms with van der Waals surface area (Å²) < 4.78 is 9.55. The maximum atomic E-state index is 11.6. The van der Waals surface area contributed by atoms with Crippen LogP contribution in [0.25, 0.3) is 0 Å². The van der Waals surface area contributed by atoms with Crippen LogP contribution in [-0.2, 0) is 23.9 Å². The monoisotopic (exact) mass is 298 g/mol. The zero-order valence-electron chi connectivity index (χ0n) is 13.1. The number of unbranched alkanes of at least 4 members (excludes halogenated alkanes) is 7. The van der Waals surface area contributed by atoms with E-state index in [1.165, 1.54) is 39.2 Å². The second-order valence-corrected chi connectivity index (χ2v) is 5.57. The van der Waals surface area contributed by atoms with Gasteiger partial charge in [-0.1, -0.05) is 51.9 Å². The average molecular weight is 298 g/mol. The van der Waals surface area contributed by atoms with Gasteiger partial charge in [-0.05, 0) is 12.8 Å². The Kier molecular flexibility index (Phi) is 8.01. The predicted octanol–water partition coefficient (Wildman–Crippen LogP) is 2.80. The number of esters is 2. The van der Waals surface area contributed by atoms with Gasteiger partial charge in [-0.25, -0.2) is 4.79 Å². The average Bonchev–Trinajstić information content (AvgIpc) is 2.76. The fraction of sp³-hybridized carbons (Fsp3) is 0.812. The largest absolute Gasteiger partial charge is 0.468 e. The summed E-state index contributed by atoms with van der Waals surface area (Å²) in [4.78, 5) is 34.4. The normalized spacial score (nSPS) is 21.4. The van der Waals surface area contributed by atoms with E-state index in [2.05, 4.69) is 11.7 Å². The first-order valence-corrected chi connectivity index (χ1v) is 7.94. The predicted molar refractivity (Wildman–Crippen MR) is 77.6 cm³/mol. The highest BCUT2D eigenvalue weighted by atomic mass is 16.6. The molecule has 0 aliphatic carbocycles. The molecule has 1 unspecified atom stereocenters. The molecule has 0 amide bonds. The minimum atomic E-state index is -1.06. The molecule has 0 aromatic heterocycles. The van der Waals surface area contributed by atoms with E-state index in [4.69, 9.17) is 4.74 Å². The lowest BCUT2D eigenvalue weighted by molar-refractivity contribution is -0.150. The summed E-state index contributed by atoms with van der Waals surface area (Å²) >= 11 is 0. The molecule has 1 aliphatic rings. The molecular weight excluding hydrogens is 272 g/mol. The molecule has 1 saturated heterocycles. The maximum absolute atomic E-state index is 11.6. The molecule has 1 heterocycles. The number of methoxy groups -OCH3 is 1. The number of hydrogen-bond acceptors (Lipinski definition) is 5. The number of carbonyl (C=O) groups excluding carboxylic acids is 3. The minimum absolute atomic E-state index is 0.548. The number of ether oxygens (including phenoxy) is 2. The Balaban J connectivity index is 2.23. The molecule has 5 heteroatoms. The summed E-state index contributed by atoms with van der Waals surface area (Å²) in [6, 6.07) is 0. The lowest BCUT2D eigenvalue weighted by Crippen LogP contribution is -2.30. The first-order valence-electron chi connectivity index (χ1n) is 7.94. The minimum Gasteiger partial charge on any atom is -0.468 e. The molecule has 0 N–H and O–H groups in total. The SMILES string of the molecule is CCCCCCCCCC[C@@H]1OC(=O)C(=O)C1C(=O)OC. The van der Waals surface area contributed by atoms with E-state index in [-0.39, 0.29) is 0 Å². The van der Waals surface area contributed by atoms with E-state index in [0.717, 1.165) is 19.3 Å². The number of cyclic esters (lactones) is 1. The van der Waals surface area contributed by atoms with Crippen LogP contribution in [0.3, 0.4) is 0 Å². The third kappa shape index (κ3) is 5.48. The van der Waals surface area contributed by atoms with Crippen molar-refractivity contribution >= 4 is 17.7 Å². The Morgan fingerprint density at radius 1 is 1.05 bits per heavy atom. The third-order valence-corrected chi connectivity index (χ3v) is 3.91. The van der Waals surface area contributed by atoms with Gasteiger partial charge in [-0.15, -0.1) is 0 Å². The smallest absolute Gasteiger partial charge is 0.376 e. The van der Waals surface area contributed by atoms with Crippen LogP contribution in [0, 0.1) is 5.92 Å². The second-order valence-electron chi connectivity index (χ2n) is 5.57. The molecule has 21 heavy (non-hydrogen) atoms. The molecule has 0 bridgehead atoms. The molecule has 1 rings (SSSR count). The fourth-order valence-corrected chi connectivity index (χ4v) is 2.65. The van der Waals surface area contributed by atoms with Crippen LogP contribution in [0.5, 0.6) is 0 Å². The van der Waals surface area contributed by atoms with Crippen LogP contribution in [0.4, 0.5) is 0 Å². The highest BCUT2D eigenvalue weighted by molar-refractivity contribution is 6.40. The van der Waals surface area contributed by atoms with E-state index in [0.29, 0.717) is 6.42 Å². The zero-order chi connectivity index (χ0) is 15.7. The number of hydrogen-bond donors (Lipinski definition) is 0. The maximum Gasteiger partial charge on any atom is 0.376 e. The van der Waals surface area contributed by atoms with Crippen molar-refractivity contribution in [3.8, 4) is 0 Å². The zero-order valence-corrected chi connectivity index (χ0v) is 13.1. The van der Waals surface area contributed by atoms with Crippen LogP contribution in [0.1, 0.15) is 64.7 Å². The van der Waals surface area contributed by atoms with Gasteiger partial charge < -0.3 is 9.47 Å². The van der Waals surface area contributed by atoms with Gasteiger partial charge in [0.1, 0.15) is 6.10 Å². The standard InChI is InChI=1S/C16H26O5/c1-3-4-5-6-7-8-9-10-11-12-13(15(18)20-2)14(17)16(19)21-12/h12-13H,3-11H2,1-2H3/t12-,13?/m0/s1. The van der Waals surface area contributed by atoms with E-state index >= 15 is 0 Å². The third-order valence-electron chi connectivity index (χ3n) is 3.91. The molecule has 0 radical (unpaired) electrons. The lowest BCUT2D eigenvalue weighted by Gasteiger charge is -2.14. The second kappa shape index (κ2) is 9.53. The van der Waals surface area contributed by atoms with Crippen molar-refractivity contribution < 1.29 is 23.9 Å². The highest BCUT2D eigenvalue weighted by Crippen LogP contribution is 2.25. The first kappa shape index (κ1) is 17.7.